The highest BCUT2D eigenvalue weighted by Gasteiger charge is 2.14. The van der Waals surface area contributed by atoms with Gasteiger partial charge in [-0.25, -0.2) is 4.18 Å². The van der Waals surface area contributed by atoms with E-state index in [9.17, 15) is 8.42 Å². The number of hydrogen-bond acceptors (Lipinski definition) is 3. The maximum atomic E-state index is 10.5. The molecule has 0 heterocycles. The van der Waals surface area contributed by atoms with Crippen LogP contribution < -0.4 is 0 Å². The minimum absolute atomic E-state index is 0.0188. The van der Waals surface area contributed by atoms with E-state index in [1.165, 1.54) is 11.1 Å². The lowest BCUT2D eigenvalue weighted by Crippen LogP contribution is -2.07. The van der Waals surface area contributed by atoms with Crippen LogP contribution in [0.15, 0.2) is 60.7 Å². The van der Waals surface area contributed by atoms with Crippen LogP contribution in [0.5, 0.6) is 0 Å². The van der Waals surface area contributed by atoms with Crippen molar-refractivity contribution in [2.45, 2.75) is 18.8 Å². The third-order valence-electron chi connectivity index (χ3n) is 3.27. The normalized spacial score (nSPS) is 11.7. The highest BCUT2D eigenvalue weighted by molar-refractivity contribution is 7.80. The molecule has 0 atom stereocenters. The molecule has 2 aromatic carbocycles. The largest absolute Gasteiger partial charge is 0.397 e. The lowest BCUT2D eigenvalue weighted by atomic mass is 9.88. The van der Waals surface area contributed by atoms with Gasteiger partial charge >= 0.3 is 10.4 Å². The summed E-state index contributed by atoms with van der Waals surface area (Å²) in [5.41, 5.74) is 2.35. The zero-order valence-corrected chi connectivity index (χ0v) is 12.4. The van der Waals surface area contributed by atoms with E-state index < -0.39 is 10.4 Å². The maximum absolute atomic E-state index is 10.5. The van der Waals surface area contributed by atoms with E-state index in [0.29, 0.717) is 6.42 Å². The summed E-state index contributed by atoms with van der Waals surface area (Å²) >= 11 is 0. The molecule has 112 valence electrons. The van der Waals surface area contributed by atoms with Gasteiger partial charge in [0.05, 0.1) is 6.61 Å². The van der Waals surface area contributed by atoms with E-state index in [1.807, 2.05) is 36.4 Å². The summed E-state index contributed by atoms with van der Waals surface area (Å²) in [5.74, 6) is 0.178. The minimum atomic E-state index is -4.35. The molecule has 0 aliphatic rings. The molecule has 2 rings (SSSR count). The van der Waals surface area contributed by atoms with Crippen LogP contribution >= 0.6 is 0 Å². The standard InChI is InChI=1S/C16H18O4S/c17-21(18,19)20-13-7-12-16(14-8-3-1-4-9-14)15-10-5-2-6-11-15/h1-6,8-11,16H,7,12-13H2,(H,17,18,19). The van der Waals surface area contributed by atoms with Crippen molar-refractivity contribution >= 4 is 10.4 Å². The number of rotatable bonds is 7. The van der Waals surface area contributed by atoms with Crippen LogP contribution in [-0.4, -0.2) is 19.6 Å². The van der Waals surface area contributed by atoms with Crippen molar-refractivity contribution in [1.82, 2.24) is 0 Å². The fraction of sp³-hybridized carbons (Fsp3) is 0.250. The Balaban J connectivity index is 2.07. The molecule has 0 spiro atoms. The Hall–Kier alpha value is -1.69. The molecule has 0 saturated carbocycles. The van der Waals surface area contributed by atoms with Crippen LogP contribution in [-0.2, 0) is 14.6 Å². The second-order valence-electron chi connectivity index (χ2n) is 4.77. The lowest BCUT2D eigenvalue weighted by molar-refractivity contribution is 0.261. The van der Waals surface area contributed by atoms with Crippen LogP contribution in [0.4, 0.5) is 0 Å². The molecular formula is C16H18O4S. The molecule has 0 aromatic heterocycles. The van der Waals surface area contributed by atoms with E-state index >= 15 is 0 Å². The summed E-state index contributed by atoms with van der Waals surface area (Å²) in [6, 6.07) is 20.1. The van der Waals surface area contributed by atoms with Gasteiger partial charge in [-0.15, -0.1) is 0 Å². The Morgan fingerprint density at radius 2 is 1.38 bits per heavy atom. The predicted molar refractivity (Wildman–Crippen MR) is 81.5 cm³/mol. The van der Waals surface area contributed by atoms with Gasteiger partial charge < -0.3 is 0 Å². The van der Waals surface area contributed by atoms with Crippen LogP contribution in [0, 0.1) is 0 Å². The molecule has 0 aliphatic heterocycles. The topological polar surface area (TPSA) is 63.6 Å². The smallest absolute Gasteiger partial charge is 0.264 e. The van der Waals surface area contributed by atoms with E-state index in [-0.39, 0.29) is 12.5 Å². The van der Waals surface area contributed by atoms with E-state index in [0.717, 1.165) is 6.42 Å². The Bertz CT molecular complexity index is 599. The van der Waals surface area contributed by atoms with E-state index in [2.05, 4.69) is 28.4 Å². The van der Waals surface area contributed by atoms with Gasteiger partial charge in [0, 0.05) is 5.92 Å². The van der Waals surface area contributed by atoms with Gasteiger partial charge in [0.2, 0.25) is 0 Å². The first-order valence-electron chi connectivity index (χ1n) is 6.78. The summed E-state index contributed by atoms with van der Waals surface area (Å²) in [5, 5.41) is 0. The molecule has 21 heavy (non-hydrogen) atoms. The third kappa shape index (κ3) is 5.30. The van der Waals surface area contributed by atoms with Crippen LogP contribution in [0.2, 0.25) is 0 Å². The maximum Gasteiger partial charge on any atom is 0.397 e. The minimum Gasteiger partial charge on any atom is -0.264 e. The molecule has 5 heteroatoms. The average Bonchev–Trinajstić information content (AvgIpc) is 2.48. The zero-order valence-electron chi connectivity index (χ0n) is 11.6. The van der Waals surface area contributed by atoms with Crippen LogP contribution in [0.1, 0.15) is 29.9 Å². The van der Waals surface area contributed by atoms with Crippen LogP contribution in [0.3, 0.4) is 0 Å². The van der Waals surface area contributed by atoms with Gasteiger partial charge in [0.1, 0.15) is 0 Å². The van der Waals surface area contributed by atoms with Gasteiger partial charge in [-0.2, -0.15) is 8.42 Å². The number of benzene rings is 2. The first-order valence-corrected chi connectivity index (χ1v) is 8.14. The molecule has 0 fully saturated rings. The molecule has 0 aliphatic carbocycles. The second-order valence-corrected chi connectivity index (χ2v) is 5.86. The molecular weight excluding hydrogens is 288 g/mol. The first kappa shape index (κ1) is 15.7. The molecule has 0 saturated heterocycles. The Labute approximate surface area is 125 Å². The first-order chi connectivity index (χ1) is 10.1. The molecule has 0 unspecified atom stereocenters. The lowest BCUT2D eigenvalue weighted by Gasteiger charge is -2.17. The van der Waals surface area contributed by atoms with Crippen molar-refractivity contribution in [1.29, 1.82) is 0 Å². The average molecular weight is 306 g/mol. The predicted octanol–water partition coefficient (Wildman–Crippen LogP) is 3.42. The monoisotopic (exact) mass is 306 g/mol. The third-order valence-corrected chi connectivity index (χ3v) is 3.74. The Morgan fingerprint density at radius 1 is 0.905 bits per heavy atom. The van der Waals surface area contributed by atoms with E-state index in [4.69, 9.17) is 4.55 Å². The van der Waals surface area contributed by atoms with Crippen molar-refractivity contribution < 1.29 is 17.2 Å². The summed E-state index contributed by atoms with van der Waals surface area (Å²) < 4.78 is 34.0. The zero-order chi connectivity index (χ0) is 15.1. The van der Waals surface area contributed by atoms with Gasteiger partial charge in [-0.1, -0.05) is 60.7 Å². The quantitative estimate of drug-likeness (QED) is 0.629. The van der Waals surface area contributed by atoms with Gasteiger partial charge in [0.25, 0.3) is 0 Å². The molecule has 0 amide bonds. The van der Waals surface area contributed by atoms with Crippen molar-refractivity contribution in [2.75, 3.05) is 6.61 Å². The summed E-state index contributed by atoms with van der Waals surface area (Å²) in [7, 11) is -4.35. The van der Waals surface area contributed by atoms with Crippen molar-refractivity contribution in [3.63, 3.8) is 0 Å². The SMILES string of the molecule is O=S(=O)(O)OCCCC(c1ccccc1)c1ccccc1. The van der Waals surface area contributed by atoms with Gasteiger partial charge in [-0.05, 0) is 24.0 Å². The molecule has 4 nitrogen and oxygen atoms in total. The van der Waals surface area contributed by atoms with Gasteiger partial charge in [0.15, 0.2) is 0 Å². The fourth-order valence-corrected chi connectivity index (χ4v) is 2.68. The van der Waals surface area contributed by atoms with Crippen molar-refractivity contribution in [2.24, 2.45) is 0 Å². The highest BCUT2D eigenvalue weighted by Crippen LogP contribution is 2.28. The Kier molecular flexibility index (Phi) is 5.50. The number of hydrogen-bond donors (Lipinski definition) is 1. The Morgan fingerprint density at radius 3 is 1.81 bits per heavy atom. The fourth-order valence-electron chi connectivity index (χ4n) is 2.35. The molecule has 1 N–H and O–H groups in total. The summed E-state index contributed by atoms with van der Waals surface area (Å²) in [4.78, 5) is 0. The van der Waals surface area contributed by atoms with Crippen molar-refractivity contribution in [3.8, 4) is 0 Å². The molecule has 0 radical (unpaired) electrons. The van der Waals surface area contributed by atoms with Gasteiger partial charge in [-0.3, -0.25) is 4.55 Å². The summed E-state index contributed by atoms with van der Waals surface area (Å²) in [6.45, 7) is -0.0188. The van der Waals surface area contributed by atoms with E-state index in [1.54, 1.807) is 0 Å². The van der Waals surface area contributed by atoms with Crippen LogP contribution in [0.25, 0.3) is 0 Å². The highest BCUT2D eigenvalue weighted by atomic mass is 32.3. The summed E-state index contributed by atoms with van der Waals surface area (Å²) in [6.07, 6.45) is 1.28. The molecule has 2 aromatic rings. The van der Waals surface area contributed by atoms with Crippen molar-refractivity contribution in [3.05, 3.63) is 71.8 Å². The molecule has 0 bridgehead atoms. The second kappa shape index (κ2) is 7.36.